The third kappa shape index (κ3) is 7.29. The van der Waals surface area contributed by atoms with Gasteiger partial charge in [0.2, 0.25) is 0 Å². The molecule has 0 bridgehead atoms. The molecule has 236 valence electrons. The van der Waals surface area contributed by atoms with E-state index in [1.54, 1.807) is 0 Å². The monoisotopic (exact) mass is 671 g/mol. The van der Waals surface area contributed by atoms with Gasteiger partial charge in [0.05, 0.1) is 5.69 Å². The summed E-state index contributed by atoms with van der Waals surface area (Å²) in [6, 6.07) is 32.1. The summed E-state index contributed by atoms with van der Waals surface area (Å²) in [6.07, 6.45) is 4.26. The van der Waals surface area contributed by atoms with Crippen LogP contribution in [0.25, 0.3) is 22.4 Å². The topological polar surface area (TPSA) is 19.4 Å². The summed E-state index contributed by atoms with van der Waals surface area (Å²) in [5.74, 6) is 0. The molecule has 0 aliphatic carbocycles. The van der Waals surface area contributed by atoms with Crippen molar-refractivity contribution in [1.29, 1.82) is 0 Å². The Balaban J connectivity index is 1.17. The number of rotatable bonds is 8. The Morgan fingerprint density at radius 2 is 1.28 bits per heavy atom. The van der Waals surface area contributed by atoms with Crippen LogP contribution in [-0.2, 0) is 13.1 Å². The van der Waals surface area contributed by atoms with Crippen LogP contribution in [-0.4, -0.2) is 29.0 Å². The van der Waals surface area contributed by atoms with Gasteiger partial charge in [0, 0.05) is 54.1 Å². The third-order valence-electron chi connectivity index (χ3n) is 10.1. The van der Waals surface area contributed by atoms with Crippen molar-refractivity contribution >= 4 is 21.6 Å². The first-order valence-corrected chi connectivity index (χ1v) is 17.4. The van der Waals surface area contributed by atoms with Crippen molar-refractivity contribution in [2.45, 2.75) is 73.5 Å². The Hall–Kier alpha value is -3.73. The number of hydrogen-bond donors (Lipinski definition) is 0. The second-order valence-corrected chi connectivity index (χ2v) is 14.2. The zero-order chi connectivity index (χ0) is 32.4. The van der Waals surface area contributed by atoms with E-state index in [2.05, 4.69) is 152 Å². The van der Waals surface area contributed by atoms with Gasteiger partial charge in [-0.25, -0.2) is 0 Å². The van der Waals surface area contributed by atoms with Gasteiger partial charge in [-0.3, -0.25) is 9.88 Å². The number of halogens is 1. The SMILES string of the molecule is Cc1cc(-c2cccc(CN3CCC(N(Cc4ccnc(-c5cc(C)c(C)c(C)c5)c4)c4ccc(Br)cc4)CC3)c2)cc(C)c1C. The maximum Gasteiger partial charge on any atom is 0.0705 e. The van der Waals surface area contributed by atoms with Crippen molar-refractivity contribution in [2.75, 3.05) is 18.0 Å². The van der Waals surface area contributed by atoms with Crippen molar-refractivity contribution in [1.82, 2.24) is 9.88 Å². The third-order valence-corrected chi connectivity index (χ3v) is 10.7. The molecule has 1 aliphatic rings. The van der Waals surface area contributed by atoms with Crippen LogP contribution in [0.3, 0.4) is 0 Å². The van der Waals surface area contributed by atoms with Crippen molar-refractivity contribution in [3.8, 4) is 22.4 Å². The highest BCUT2D eigenvalue weighted by Crippen LogP contribution is 2.31. The van der Waals surface area contributed by atoms with Gasteiger partial charge < -0.3 is 4.90 Å². The summed E-state index contributed by atoms with van der Waals surface area (Å²) in [4.78, 5) is 10.0. The normalized spacial score (nSPS) is 14.1. The second-order valence-electron chi connectivity index (χ2n) is 13.3. The van der Waals surface area contributed by atoms with Gasteiger partial charge in [0.1, 0.15) is 0 Å². The molecule has 4 aromatic carbocycles. The lowest BCUT2D eigenvalue weighted by Gasteiger charge is -2.40. The Labute approximate surface area is 284 Å². The average molecular weight is 673 g/mol. The van der Waals surface area contributed by atoms with Gasteiger partial charge in [0.15, 0.2) is 0 Å². The van der Waals surface area contributed by atoms with Crippen LogP contribution in [0.15, 0.2) is 95.6 Å². The van der Waals surface area contributed by atoms with Gasteiger partial charge in [-0.05, 0) is 165 Å². The molecule has 2 heterocycles. The molecule has 0 saturated carbocycles. The molecule has 4 heteroatoms. The minimum atomic E-state index is 0.475. The van der Waals surface area contributed by atoms with E-state index in [-0.39, 0.29) is 0 Å². The maximum atomic E-state index is 4.78. The van der Waals surface area contributed by atoms with Crippen molar-refractivity contribution < 1.29 is 0 Å². The highest BCUT2D eigenvalue weighted by Gasteiger charge is 2.25. The fraction of sp³-hybridized carbons (Fsp3) is 0.310. The molecule has 0 unspecified atom stereocenters. The van der Waals surface area contributed by atoms with Crippen LogP contribution in [0.2, 0.25) is 0 Å². The molecule has 0 atom stereocenters. The van der Waals surface area contributed by atoms with Crippen molar-refractivity contribution in [3.63, 3.8) is 0 Å². The predicted molar refractivity (Wildman–Crippen MR) is 199 cm³/mol. The number of benzene rings is 4. The molecular formula is C42H46BrN3. The molecule has 1 saturated heterocycles. The Morgan fingerprint density at radius 1 is 0.674 bits per heavy atom. The van der Waals surface area contributed by atoms with Gasteiger partial charge in [-0.15, -0.1) is 0 Å². The van der Waals surface area contributed by atoms with E-state index < -0.39 is 0 Å². The standard InChI is InChI=1S/C42H46BrN3/c1-28-20-37(21-29(2)32(28)5)36-9-7-8-34(24-36)26-45-18-15-41(16-19-45)46(40-12-10-39(43)11-13-40)27-35-14-17-44-42(25-35)38-22-30(3)33(6)31(4)23-38/h7-14,17,20-25,41H,15-16,18-19,26-27H2,1-6H3. The van der Waals surface area contributed by atoms with Gasteiger partial charge in [-0.2, -0.15) is 0 Å². The Kier molecular flexibility index (Phi) is 9.77. The maximum absolute atomic E-state index is 4.78. The number of anilines is 1. The molecule has 0 radical (unpaired) electrons. The fourth-order valence-corrected chi connectivity index (χ4v) is 7.14. The zero-order valence-electron chi connectivity index (χ0n) is 28.2. The molecule has 5 aromatic rings. The first kappa shape index (κ1) is 32.2. The molecule has 0 spiro atoms. The number of pyridine rings is 1. The minimum absolute atomic E-state index is 0.475. The van der Waals surface area contributed by atoms with E-state index in [1.807, 2.05) is 6.20 Å². The summed E-state index contributed by atoms with van der Waals surface area (Å²) in [7, 11) is 0. The van der Waals surface area contributed by atoms with Crippen LogP contribution in [0.5, 0.6) is 0 Å². The molecule has 1 aromatic heterocycles. The quantitative estimate of drug-likeness (QED) is 0.164. The molecule has 1 fully saturated rings. The fourth-order valence-electron chi connectivity index (χ4n) is 6.87. The van der Waals surface area contributed by atoms with Gasteiger partial charge >= 0.3 is 0 Å². The van der Waals surface area contributed by atoms with Crippen LogP contribution in [0, 0.1) is 41.5 Å². The van der Waals surface area contributed by atoms with Crippen LogP contribution in [0.1, 0.15) is 57.3 Å². The van der Waals surface area contributed by atoms with E-state index >= 15 is 0 Å². The van der Waals surface area contributed by atoms with Crippen molar-refractivity contribution in [2.24, 2.45) is 0 Å². The van der Waals surface area contributed by atoms with E-state index in [0.717, 1.165) is 49.2 Å². The predicted octanol–water partition coefficient (Wildman–Crippen LogP) is 10.7. The lowest BCUT2D eigenvalue weighted by Crippen LogP contribution is -2.44. The van der Waals surface area contributed by atoms with Crippen LogP contribution < -0.4 is 4.90 Å². The molecule has 46 heavy (non-hydrogen) atoms. The molecule has 0 N–H and O–H groups in total. The Morgan fingerprint density at radius 3 is 1.91 bits per heavy atom. The number of hydrogen-bond acceptors (Lipinski definition) is 3. The van der Waals surface area contributed by atoms with Crippen LogP contribution in [0.4, 0.5) is 5.69 Å². The average Bonchev–Trinajstić information content (AvgIpc) is 3.06. The van der Waals surface area contributed by atoms with E-state index in [0.29, 0.717) is 6.04 Å². The minimum Gasteiger partial charge on any atom is -0.364 e. The molecular weight excluding hydrogens is 626 g/mol. The smallest absolute Gasteiger partial charge is 0.0705 e. The first-order chi connectivity index (χ1) is 22.1. The number of aryl methyl sites for hydroxylation is 4. The van der Waals surface area contributed by atoms with E-state index in [9.17, 15) is 0 Å². The van der Waals surface area contributed by atoms with E-state index in [1.165, 1.54) is 66.9 Å². The number of nitrogens with zero attached hydrogens (tertiary/aromatic N) is 3. The summed E-state index contributed by atoms with van der Waals surface area (Å²) in [6.45, 7) is 17.3. The first-order valence-electron chi connectivity index (χ1n) is 16.6. The molecule has 3 nitrogen and oxygen atoms in total. The number of piperidine rings is 1. The lowest BCUT2D eigenvalue weighted by atomic mass is 9.95. The summed E-state index contributed by atoms with van der Waals surface area (Å²) in [5, 5.41) is 0. The van der Waals surface area contributed by atoms with Gasteiger partial charge in [0.25, 0.3) is 0 Å². The van der Waals surface area contributed by atoms with Crippen LogP contribution >= 0.6 is 15.9 Å². The molecule has 1 aliphatic heterocycles. The van der Waals surface area contributed by atoms with Crippen molar-refractivity contribution in [3.05, 3.63) is 140 Å². The van der Waals surface area contributed by atoms with Gasteiger partial charge in [-0.1, -0.05) is 46.3 Å². The Bertz CT molecular complexity index is 1790. The summed E-state index contributed by atoms with van der Waals surface area (Å²) in [5.41, 5.74) is 16.9. The number of likely N-dealkylation sites (tertiary alicyclic amines) is 1. The summed E-state index contributed by atoms with van der Waals surface area (Å²) < 4.78 is 1.11. The lowest BCUT2D eigenvalue weighted by molar-refractivity contribution is 0.201. The molecule has 0 amide bonds. The highest BCUT2D eigenvalue weighted by atomic mass is 79.9. The highest BCUT2D eigenvalue weighted by molar-refractivity contribution is 9.10. The largest absolute Gasteiger partial charge is 0.364 e. The number of aromatic nitrogens is 1. The zero-order valence-corrected chi connectivity index (χ0v) is 29.8. The molecule has 6 rings (SSSR count). The summed E-state index contributed by atoms with van der Waals surface area (Å²) >= 11 is 3.65. The second kappa shape index (κ2) is 13.9. The van der Waals surface area contributed by atoms with E-state index in [4.69, 9.17) is 4.98 Å².